The maximum Gasteiger partial charge on any atom is 0.0668 e. The van der Waals surface area contributed by atoms with Gasteiger partial charge in [-0.15, -0.1) is 0 Å². The van der Waals surface area contributed by atoms with E-state index >= 15 is 0 Å². The Labute approximate surface area is 145 Å². The summed E-state index contributed by atoms with van der Waals surface area (Å²) in [5.74, 6) is 0.395. The smallest absolute Gasteiger partial charge is 0.0668 e. The van der Waals surface area contributed by atoms with E-state index < -0.39 is 8.07 Å². The Morgan fingerprint density at radius 1 is 0.583 bits per heavy atom. The van der Waals surface area contributed by atoms with Gasteiger partial charge in [0.1, 0.15) is 0 Å². The molecule has 0 saturated carbocycles. The third-order valence-corrected chi connectivity index (χ3v) is 9.21. The minimum absolute atomic E-state index is 0.0610. The molecule has 0 N–H and O–H groups in total. The van der Waals surface area contributed by atoms with E-state index in [-0.39, 0.29) is 5.04 Å². The first-order valence-corrected chi connectivity index (χ1v) is 12.3. The molecule has 0 aromatic heterocycles. The molecule has 3 aliphatic carbocycles. The molecular weight excluding hydrogens is 304 g/mol. The molecular formula is C23H22Si. The van der Waals surface area contributed by atoms with Gasteiger partial charge in [-0.3, -0.25) is 0 Å². The summed E-state index contributed by atoms with van der Waals surface area (Å²) in [6.07, 6.45) is 0. The highest BCUT2D eigenvalue weighted by Gasteiger charge is 2.57. The first-order chi connectivity index (χ1) is 11.6. The summed E-state index contributed by atoms with van der Waals surface area (Å²) in [7, 11) is -1.62. The van der Waals surface area contributed by atoms with Crippen LogP contribution in [0, 0.1) is 0 Å². The molecule has 3 aromatic rings. The summed E-state index contributed by atoms with van der Waals surface area (Å²) in [6.45, 7) is 7.59. The molecule has 0 heterocycles. The van der Waals surface area contributed by atoms with Crippen LogP contribution >= 0.6 is 0 Å². The zero-order valence-corrected chi connectivity index (χ0v) is 15.5. The van der Waals surface area contributed by atoms with Gasteiger partial charge in [0, 0.05) is 11.0 Å². The number of hydrogen-bond acceptors (Lipinski definition) is 0. The van der Waals surface area contributed by atoms with Crippen molar-refractivity contribution in [2.75, 3.05) is 0 Å². The zero-order chi connectivity index (χ0) is 16.5. The summed E-state index contributed by atoms with van der Waals surface area (Å²) in [5.41, 5.74) is 9.26. The van der Waals surface area contributed by atoms with Crippen molar-refractivity contribution in [3.05, 3.63) is 106 Å². The second kappa shape index (κ2) is 4.49. The molecule has 6 rings (SSSR count). The summed E-state index contributed by atoms with van der Waals surface area (Å²) in [4.78, 5) is 0. The van der Waals surface area contributed by atoms with Crippen LogP contribution < -0.4 is 0 Å². The second-order valence-electron chi connectivity index (χ2n) is 8.19. The third-order valence-electron chi connectivity index (χ3n) is 6.15. The first kappa shape index (κ1) is 14.2. The van der Waals surface area contributed by atoms with Crippen LogP contribution in [0.5, 0.6) is 0 Å². The van der Waals surface area contributed by atoms with Crippen LogP contribution in [-0.4, -0.2) is 8.07 Å². The Kier molecular flexibility index (Phi) is 2.66. The fourth-order valence-electron chi connectivity index (χ4n) is 5.42. The molecule has 24 heavy (non-hydrogen) atoms. The van der Waals surface area contributed by atoms with E-state index in [1.165, 1.54) is 16.7 Å². The van der Waals surface area contributed by atoms with Gasteiger partial charge < -0.3 is 0 Å². The Bertz CT molecular complexity index is 846. The van der Waals surface area contributed by atoms with Gasteiger partial charge in [-0.1, -0.05) is 92.4 Å². The van der Waals surface area contributed by atoms with Gasteiger partial charge in [0.2, 0.25) is 0 Å². The van der Waals surface area contributed by atoms with E-state index in [4.69, 9.17) is 0 Å². The van der Waals surface area contributed by atoms with Crippen LogP contribution in [0.15, 0.2) is 72.8 Å². The van der Waals surface area contributed by atoms with Crippen molar-refractivity contribution in [3.8, 4) is 0 Å². The standard InChI is InChI=1S/C23H22Si/c1-24(2,3)23-19-13-7-4-10-16(19)22(17-11-5-8-14-20(17)23)18-12-6-9-15-21(18)23/h4-15,22H,1-3H3. The van der Waals surface area contributed by atoms with Crippen LogP contribution in [0.4, 0.5) is 0 Å². The van der Waals surface area contributed by atoms with Crippen LogP contribution in [0.25, 0.3) is 0 Å². The maximum atomic E-state index is 2.53. The summed E-state index contributed by atoms with van der Waals surface area (Å²) >= 11 is 0. The zero-order valence-electron chi connectivity index (χ0n) is 14.5. The fraction of sp³-hybridized carbons (Fsp3) is 0.217. The van der Waals surface area contributed by atoms with Crippen LogP contribution in [0.1, 0.15) is 39.3 Å². The van der Waals surface area contributed by atoms with Crippen LogP contribution in [-0.2, 0) is 5.04 Å². The van der Waals surface area contributed by atoms with Crippen molar-refractivity contribution in [2.24, 2.45) is 0 Å². The van der Waals surface area contributed by atoms with Crippen molar-refractivity contribution in [3.63, 3.8) is 0 Å². The molecule has 0 fully saturated rings. The van der Waals surface area contributed by atoms with E-state index in [1.54, 1.807) is 16.7 Å². The van der Waals surface area contributed by atoms with E-state index in [9.17, 15) is 0 Å². The Morgan fingerprint density at radius 2 is 0.917 bits per heavy atom. The molecule has 1 heteroatoms. The minimum atomic E-state index is -1.62. The second-order valence-corrected chi connectivity index (χ2v) is 13.4. The topological polar surface area (TPSA) is 0 Å². The summed E-state index contributed by atoms with van der Waals surface area (Å²) in [5, 5.41) is 0.0610. The molecule has 0 spiro atoms. The van der Waals surface area contributed by atoms with E-state index in [0.717, 1.165) is 0 Å². The molecule has 2 bridgehead atoms. The molecule has 3 aliphatic rings. The Hall–Kier alpha value is -2.12. The lowest BCUT2D eigenvalue weighted by atomic mass is 9.60. The third kappa shape index (κ3) is 1.45. The van der Waals surface area contributed by atoms with Gasteiger partial charge in [0.15, 0.2) is 0 Å². The highest BCUT2D eigenvalue weighted by Crippen LogP contribution is 2.61. The van der Waals surface area contributed by atoms with Gasteiger partial charge >= 0.3 is 0 Å². The molecule has 0 saturated heterocycles. The van der Waals surface area contributed by atoms with Crippen molar-refractivity contribution < 1.29 is 0 Å². The average Bonchev–Trinajstić information content (AvgIpc) is 2.60. The van der Waals surface area contributed by atoms with Crippen LogP contribution in [0.2, 0.25) is 19.6 Å². The van der Waals surface area contributed by atoms with Gasteiger partial charge in [-0.2, -0.15) is 0 Å². The van der Waals surface area contributed by atoms with Crippen molar-refractivity contribution in [1.29, 1.82) is 0 Å². The molecule has 0 aliphatic heterocycles. The predicted octanol–water partition coefficient (Wildman–Crippen LogP) is 5.71. The molecule has 0 nitrogen and oxygen atoms in total. The Morgan fingerprint density at radius 3 is 1.25 bits per heavy atom. The van der Waals surface area contributed by atoms with Crippen LogP contribution in [0.3, 0.4) is 0 Å². The molecule has 0 amide bonds. The number of hydrogen-bond donors (Lipinski definition) is 0. The average molecular weight is 327 g/mol. The summed E-state index contributed by atoms with van der Waals surface area (Å²) in [6, 6.07) is 27.6. The van der Waals surface area contributed by atoms with Gasteiger partial charge in [-0.25, -0.2) is 0 Å². The highest BCUT2D eigenvalue weighted by molar-refractivity contribution is 6.80. The lowest BCUT2D eigenvalue weighted by molar-refractivity contribution is 0.680. The van der Waals surface area contributed by atoms with Gasteiger partial charge in [-0.05, 0) is 33.4 Å². The van der Waals surface area contributed by atoms with Crippen molar-refractivity contribution >= 4 is 8.07 Å². The minimum Gasteiger partial charge on any atom is -0.0682 e. The lowest BCUT2D eigenvalue weighted by Crippen LogP contribution is -2.57. The van der Waals surface area contributed by atoms with Gasteiger partial charge in [0.25, 0.3) is 0 Å². The maximum absolute atomic E-state index is 2.53. The molecule has 0 atom stereocenters. The normalized spacial score (nSPS) is 23.4. The monoisotopic (exact) mass is 326 g/mol. The highest BCUT2D eigenvalue weighted by atomic mass is 28.3. The predicted molar refractivity (Wildman–Crippen MR) is 103 cm³/mol. The first-order valence-electron chi connectivity index (χ1n) is 8.85. The SMILES string of the molecule is C[Si](C)(C)C12c3ccccc3C(c3ccccc31)c1ccccc12. The largest absolute Gasteiger partial charge is 0.0682 e. The molecule has 0 radical (unpaired) electrons. The van der Waals surface area contributed by atoms with Gasteiger partial charge in [0.05, 0.1) is 8.07 Å². The lowest BCUT2D eigenvalue weighted by Gasteiger charge is -2.56. The van der Waals surface area contributed by atoms with E-state index in [1.807, 2.05) is 0 Å². The summed E-state index contributed by atoms with van der Waals surface area (Å²) < 4.78 is 0. The number of benzene rings is 3. The van der Waals surface area contributed by atoms with E-state index in [0.29, 0.717) is 5.92 Å². The van der Waals surface area contributed by atoms with E-state index in [2.05, 4.69) is 92.4 Å². The molecule has 3 aromatic carbocycles. The Balaban J connectivity index is 2.04. The quantitative estimate of drug-likeness (QED) is 0.503. The van der Waals surface area contributed by atoms with Crippen molar-refractivity contribution in [1.82, 2.24) is 0 Å². The van der Waals surface area contributed by atoms with Crippen molar-refractivity contribution in [2.45, 2.75) is 30.6 Å². The fourth-order valence-corrected chi connectivity index (χ4v) is 8.53. The molecule has 118 valence electrons. The molecule has 0 unspecified atom stereocenters. The number of rotatable bonds is 1.